The van der Waals surface area contributed by atoms with Gasteiger partial charge < -0.3 is 13.9 Å². The molecule has 0 saturated heterocycles. The number of para-hydroxylation sites is 1. The molecule has 0 spiro atoms. The Labute approximate surface area is 150 Å². The number of furan rings is 1. The summed E-state index contributed by atoms with van der Waals surface area (Å²) in [5.41, 5.74) is 0.617. The van der Waals surface area contributed by atoms with Gasteiger partial charge >= 0.3 is 13.2 Å². The van der Waals surface area contributed by atoms with Gasteiger partial charge in [-0.15, -0.1) is 0 Å². The van der Waals surface area contributed by atoms with E-state index in [4.69, 9.17) is 4.42 Å². The zero-order valence-corrected chi connectivity index (χ0v) is 13.6. The number of hydrogen-bond donors (Lipinski definition) is 0. The molecule has 0 fully saturated rings. The minimum Gasteiger partial charge on any atom is -0.453 e. The number of ether oxygens (including phenoxy) is 2. The number of carbonyl (C=O) groups is 1. The Balaban J connectivity index is 1.84. The van der Waals surface area contributed by atoms with Gasteiger partial charge in [0, 0.05) is 17.0 Å². The van der Waals surface area contributed by atoms with Gasteiger partial charge in [0.05, 0.1) is 0 Å². The minimum absolute atomic E-state index is 0.0708. The van der Waals surface area contributed by atoms with Crippen LogP contribution in [0.5, 0.6) is 11.5 Å². The molecular weight excluding hydrogens is 368 g/mol. The highest BCUT2D eigenvalue weighted by Gasteiger charge is 2.13. The molecule has 0 aliphatic rings. The standard InChI is InChI=1S/C19H12F4O4/c20-18(21)25-13-7-5-11(16(10-13)27-19(22)23)6-8-14(24)17-9-12-3-1-2-4-15(12)26-17/h1-10,18-19H/b8-6+. The molecule has 3 aromatic rings. The Kier molecular flexibility index (Phi) is 5.44. The Morgan fingerprint density at radius 2 is 1.70 bits per heavy atom. The maximum Gasteiger partial charge on any atom is 0.387 e. The number of fused-ring (bicyclic) bond motifs is 1. The molecule has 0 radical (unpaired) electrons. The van der Waals surface area contributed by atoms with E-state index in [1.165, 1.54) is 12.1 Å². The monoisotopic (exact) mass is 380 g/mol. The van der Waals surface area contributed by atoms with Crippen LogP contribution >= 0.6 is 0 Å². The topological polar surface area (TPSA) is 48.7 Å². The summed E-state index contributed by atoms with van der Waals surface area (Å²) in [6.07, 6.45) is 2.33. The maximum atomic E-state index is 12.6. The van der Waals surface area contributed by atoms with E-state index in [0.29, 0.717) is 5.58 Å². The van der Waals surface area contributed by atoms with Crippen LogP contribution in [0.4, 0.5) is 17.6 Å². The fraction of sp³-hybridized carbons (Fsp3) is 0.105. The largest absolute Gasteiger partial charge is 0.453 e. The fourth-order valence-corrected chi connectivity index (χ4v) is 2.38. The quantitative estimate of drug-likeness (QED) is 0.307. The van der Waals surface area contributed by atoms with Crippen molar-refractivity contribution in [3.05, 3.63) is 65.9 Å². The predicted octanol–water partition coefficient (Wildman–Crippen LogP) is 5.53. The molecule has 0 unspecified atom stereocenters. The second kappa shape index (κ2) is 7.94. The lowest BCUT2D eigenvalue weighted by Crippen LogP contribution is -2.05. The molecule has 0 amide bonds. The van der Waals surface area contributed by atoms with Gasteiger partial charge in [-0.05, 0) is 36.4 Å². The molecule has 1 heterocycles. The molecule has 0 N–H and O–H groups in total. The predicted molar refractivity (Wildman–Crippen MR) is 89.3 cm³/mol. The van der Waals surface area contributed by atoms with E-state index < -0.39 is 24.8 Å². The van der Waals surface area contributed by atoms with Crippen LogP contribution in [-0.2, 0) is 0 Å². The Morgan fingerprint density at radius 3 is 2.41 bits per heavy atom. The van der Waals surface area contributed by atoms with E-state index >= 15 is 0 Å². The van der Waals surface area contributed by atoms with Gasteiger partial charge in [0.2, 0.25) is 5.78 Å². The van der Waals surface area contributed by atoms with E-state index in [2.05, 4.69) is 9.47 Å². The van der Waals surface area contributed by atoms with E-state index in [-0.39, 0.29) is 17.1 Å². The molecule has 140 valence electrons. The highest BCUT2D eigenvalue weighted by molar-refractivity contribution is 6.07. The minimum atomic E-state index is -3.18. The van der Waals surface area contributed by atoms with Gasteiger partial charge in [-0.25, -0.2) is 0 Å². The third-order valence-electron chi connectivity index (χ3n) is 3.51. The SMILES string of the molecule is O=C(/C=C/c1ccc(OC(F)F)cc1OC(F)F)c1cc2ccccc2o1. The molecule has 0 bridgehead atoms. The number of alkyl halides is 4. The third kappa shape index (κ3) is 4.66. The van der Waals surface area contributed by atoms with Crippen LogP contribution in [0.2, 0.25) is 0 Å². The molecule has 2 aromatic carbocycles. The first kappa shape index (κ1) is 18.5. The smallest absolute Gasteiger partial charge is 0.387 e. The molecule has 0 saturated carbocycles. The zero-order chi connectivity index (χ0) is 19.4. The lowest BCUT2D eigenvalue weighted by molar-refractivity contribution is -0.0543. The normalized spacial score (nSPS) is 11.6. The number of benzene rings is 2. The summed E-state index contributed by atoms with van der Waals surface area (Å²) < 4.78 is 63.5. The number of carbonyl (C=O) groups excluding carboxylic acids is 1. The molecule has 27 heavy (non-hydrogen) atoms. The maximum absolute atomic E-state index is 12.6. The van der Waals surface area contributed by atoms with Gasteiger partial charge in [-0.3, -0.25) is 4.79 Å². The molecule has 0 aliphatic carbocycles. The van der Waals surface area contributed by atoms with Crippen molar-refractivity contribution in [1.29, 1.82) is 0 Å². The second-order valence-electron chi connectivity index (χ2n) is 5.30. The molecule has 3 rings (SSSR count). The first-order valence-electron chi connectivity index (χ1n) is 7.67. The molecule has 0 aliphatic heterocycles. The molecule has 0 atom stereocenters. The van der Waals surface area contributed by atoms with Gasteiger partial charge in [-0.1, -0.05) is 18.2 Å². The van der Waals surface area contributed by atoms with Crippen LogP contribution in [0.3, 0.4) is 0 Å². The zero-order valence-electron chi connectivity index (χ0n) is 13.6. The second-order valence-corrected chi connectivity index (χ2v) is 5.30. The van der Waals surface area contributed by atoms with Crippen molar-refractivity contribution in [2.75, 3.05) is 0 Å². The number of ketones is 1. The van der Waals surface area contributed by atoms with Gasteiger partial charge in [-0.2, -0.15) is 17.6 Å². The van der Waals surface area contributed by atoms with Crippen LogP contribution in [0.1, 0.15) is 16.1 Å². The van der Waals surface area contributed by atoms with Crippen LogP contribution in [0.15, 0.2) is 59.0 Å². The van der Waals surface area contributed by atoms with E-state index in [1.807, 2.05) is 0 Å². The third-order valence-corrected chi connectivity index (χ3v) is 3.51. The van der Waals surface area contributed by atoms with Crippen molar-refractivity contribution in [1.82, 2.24) is 0 Å². The van der Waals surface area contributed by atoms with Crippen molar-refractivity contribution in [3.63, 3.8) is 0 Å². The lowest BCUT2D eigenvalue weighted by atomic mass is 10.1. The van der Waals surface area contributed by atoms with Gasteiger partial charge in [0.25, 0.3) is 0 Å². The number of hydrogen-bond acceptors (Lipinski definition) is 4. The van der Waals surface area contributed by atoms with Crippen LogP contribution < -0.4 is 9.47 Å². The number of halogens is 4. The summed E-state index contributed by atoms with van der Waals surface area (Å²) in [7, 11) is 0. The Morgan fingerprint density at radius 1 is 0.963 bits per heavy atom. The first-order chi connectivity index (χ1) is 12.9. The molecule has 4 nitrogen and oxygen atoms in total. The molecular formula is C19H12F4O4. The number of rotatable bonds is 7. The molecule has 8 heteroatoms. The van der Waals surface area contributed by atoms with Gasteiger partial charge in [0.15, 0.2) is 5.76 Å². The van der Waals surface area contributed by atoms with Crippen molar-refractivity contribution in [3.8, 4) is 11.5 Å². The van der Waals surface area contributed by atoms with Crippen molar-refractivity contribution >= 4 is 22.8 Å². The summed E-state index contributed by atoms with van der Waals surface area (Å²) in [6.45, 7) is -6.29. The average molecular weight is 380 g/mol. The summed E-state index contributed by atoms with van der Waals surface area (Å²) in [5, 5.41) is 0.740. The van der Waals surface area contributed by atoms with Crippen molar-refractivity contribution in [2.45, 2.75) is 13.2 Å². The van der Waals surface area contributed by atoms with Gasteiger partial charge in [0.1, 0.15) is 17.1 Å². The van der Waals surface area contributed by atoms with Crippen LogP contribution in [0, 0.1) is 0 Å². The van der Waals surface area contributed by atoms with Crippen molar-refractivity contribution in [2.24, 2.45) is 0 Å². The average Bonchev–Trinajstić information content (AvgIpc) is 3.04. The summed E-state index contributed by atoms with van der Waals surface area (Å²) in [5.74, 6) is -1.18. The molecule has 1 aromatic heterocycles. The van der Waals surface area contributed by atoms with E-state index in [0.717, 1.165) is 23.6 Å². The summed E-state index contributed by atoms with van der Waals surface area (Å²) in [6, 6.07) is 11.8. The Hall–Kier alpha value is -3.29. The lowest BCUT2D eigenvalue weighted by Gasteiger charge is -2.11. The highest BCUT2D eigenvalue weighted by Crippen LogP contribution is 2.29. The van der Waals surface area contributed by atoms with E-state index in [9.17, 15) is 22.4 Å². The van der Waals surface area contributed by atoms with Crippen LogP contribution in [-0.4, -0.2) is 19.0 Å². The van der Waals surface area contributed by atoms with Crippen molar-refractivity contribution < 1.29 is 36.2 Å². The summed E-state index contributed by atoms with van der Waals surface area (Å²) in [4.78, 5) is 12.2. The fourth-order valence-electron chi connectivity index (χ4n) is 2.38. The first-order valence-corrected chi connectivity index (χ1v) is 7.67. The highest BCUT2D eigenvalue weighted by atomic mass is 19.3. The van der Waals surface area contributed by atoms with E-state index in [1.54, 1.807) is 30.3 Å². The number of allylic oxidation sites excluding steroid dienone is 1. The summed E-state index contributed by atoms with van der Waals surface area (Å²) >= 11 is 0. The Bertz CT molecular complexity index is 946. The van der Waals surface area contributed by atoms with Crippen LogP contribution in [0.25, 0.3) is 17.0 Å².